The average Bonchev–Trinajstić information content (AvgIpc) is 2.91. The molecule has 0 spiro atoms. The molecule has 0 aromatic carbocycles. The second-order valence-electron chi connectivity index (χ2n) is 10.3. The van der Waals surface area contributed by atoms with Gasteiger partial charge in [0.25, 0.3) is 0 Å². The highest BCUT2D eigenvalue weighted by atomic mass is 19.1. The second-order valence-corrected chi connectivity index (χ2v) is 10.3. The summed E-state index contributed by atoms with van der Waals surface area (Å²) in [7, 11) is 0. The number of rotatable bonds is 3. The Morgan fingerprint density at radius 2 is 2.00 bits per heavy atom. The average molecular weight is 436 g/mol. The third kappa shape index (κ3) is 2.71. The molecule has 170 valence electrons. The van der Waals surface area contributed by atoms with Gasteiger partial charge in [-0.1, -0.05) is 26.8 Å². The number of fused-ring (bicyclic) bond motifs is 5. The number of allylic oxidation sites excluding steroid dienone is 4. The van der Waals surface area contributed by atoms with E-state index < -0.39 is 58.5 Å². The van der Waals surface area contributed by atoms with E-state index >= 15 is 0 Å². The van der Waals surface area contributed by atoms with Crippen molar-refractivity contribution in [3.63, 3.8) is 0 Å². The molecule has 0 aliphatic heterocycles. The molecular formula is C24H30F2O5. The summed E-state index contributed by atoms with van der Waals surface area (Å²) in [5.74, 6) is -3.73. The Morgan fingerprint density at radius 3 is 2.61 bits per heavy atom. The SMILES string of the molecule is CC(=O)O[C@@]1(C(=O)CF)[C@@H](C)C[C@H]2[C@@H]3CCC4=C(F)C(=O)C=C[C@]4(C)[C@H]3[C@@H](O)C[C@@]21C. The fourth-order valence-electron chi connectivity index (χ4n) is 7.92. The number of halogens is 2. The Morgan fingerprint density at radius 1 is 1.32 bits per heavy atom. The maximum absolute atomic E-state index is 14.7. The van der Waals surface area contributed by atoms with Crippen LogP contribution in [0.15, 0.2) is 23.6 Å². The Bertz CT molecular complexity index is 910. The summed E-state index contributed by atoms with van der Waals surface area (Å²) in [5, 5.41) is 11.4. The van der Waals surface area contributed by atoms with Crippen molar-refractivity contribution in [1.82, 2.24) is 0 Å². The molecular weight excluding hydrogens is 406 g/mol. The Hall–Kier alpha value is -1.89. The van der Waals surface area contributed by atoms with Crippen LogP contribution in [-0.4, -0.2) is 41.0 Å². The molecule has 3 saturated carbocycles. The molecule has 5 nitrogen and oxygen atoms in total. The number of Topliss-reactive ketones (excluding diaryl/α,β-unsaturated/α-hetero) is 1. The fourth-order valence-corrected chi connectivity index (χ4v) is 7.92. The van der Waals surface area contributed by atoms with Crippen molar-refractivity contribution >= 4 is 17.5 Å². The lowest BCUT2D eigenvalue weighted by Crippen LogP contribution is -2.64. The highest BCUT2D eigenvalue weighted by molar-refractivity contribution is 6.04. The maximum Gasteiger partial charge on any atom is 0.303 e. The van der Waals surface area contributed by atoms with Gasteiger partial charge < -0.3 is 9.84 Å². The summed E-state index contributed by atoms with van der Waals surface area (Å²) >= 11 is 0. The minimum atomic E-state index is -1.63. The van der Waals surface area contributed by atoms with Gasteiger partial charge in [0, 0.05) is 29.6 Å². The lowest BCUT2D eigenvalue weighted by Gasteiger charge is -2.59. The minimum Gasteiger partial charge on any atom is -0.450 e. The zero-order valence-corrected chi connectivity index (χ0v) is 18.4. The largest absolute Gasteiger partial charge is 0.450 e. The molecule has 7 heteroatoms. The van der Waals surface area contributed by atoms with E-state index in [2.05, 4.69) is 0 Å². The number of alkyl halides is 1. The van der Waals surface area contributed by atoms with Gasteiger partial charge in [0.2, 0.25) is 11.6 Å². The van der Waals surface area contributed by atoms with E-state index in [1.54, 1.807) is 13.0 Å². The predicted octanol–water partition coefficient (Wildman–Crippen LogP) is 3.65. The molecule has 4 aliphatic carbocycles. The zero-order chi connectivity index (χ0) is 22.9. The number of carbonyl (C=O) groups is 3. The first-order valence-electron chi connectivity index (χ1n) is 11.0. The highest BCUT2D eigenvalue weighted by Crippen LogP contribution is 2.69. The van der Waals surface area contributed by atoms with E-state index in [0.717, 1.165) is 0 Å². The minimum absolute atomic E-state index is 0.0829. The summed E-state index contributed by atoms with van der Waals surface area (Å²) in [4.78, 5) is 36.9. The van der Waals surface area contributed by atoms with E-state index in [9.17, 15) is 28.3 Å². The number of esters is 1. The molecule has 0 aromatic heterocycles. The normalized spacial score (nSPS) is 46.3. The van der Waals surface area contributed by atoms with Crippen molar-refractivity contribution in [3.05, 3.63) is 23.6 Å². The standard InChI is InChI=1S/C24H30F2O5/c1-12-9-16-14-5-6-15-21(26)17(28)7-8-22(15,3)20(14)18(29)10-23(16,4)24(12,19(30)11-25)31-13(2)27/h7-8,12,14,16,18,20,29H,5-6,9-11H2,1-4H3/t12-,14-,16-,18-,20+,22-,23-,24+/m0/s1. The van der Waals surface area contributed by atoms with E-state index in [4.69, 9.17) is 4.74 Å². The molecule has 0 heterocycles. The molecule has 4 aliphatic rings. The molecule has 4 rings (SSSR count). The number of hydrogen-bond acceptors (Lipinski definition) is 5. The Balaban J connectivity index is 1.82. The van der Waals surface area contributed by atoms with Gasteiger partial charge in [0.05, 0.1) is 6.10 Å². The van der Waals surface area contributed by atoms with Crippen molar-refractivity contribution in [2.75, 3.05) is 6.67 Å². The molecule has 3 fully saturated rings. The van der Waals surface area contributed by atoms with E-state index in [1.165, 1.54) is 13.0 Å². The third-order valence-corrected chi connectivity index (χ3v) is 8.97. The third-order valence-electron chi connectivity index (χ3n) is 8.97. The molecule has 0 bridgehead atoms. The summed E-state index contributed by atoms with van der Waals surface area (Å²) in [6, 6.07) is 0. The highest BCUT2D eigenvalue weighted by Gasteiger charge is 2.72. The Labute approximate surface area is 180 Å². The van der Waals surface area contributed by atoms with Gasteiger partial charge >= 0.3 is 5.97 Å². The summed E-state index contributed by atoms with van der Waals surface area (Å²) in [5.41, 5.74) is -2.94. The van der Waals surface area contributed by atoms with Crippen LogP contribution in [0.4, 0.5) is 8.78 Å². The van der Waals surface area contributed by atoms with E-state index in [0.29, 0.717) is 24.8 Å². The molecule has 0 amide bonds. The number of aliphatic hydroxyl groups excluding tert-OH is 1. The molecule has 31 heavy (non-hydrogen) atoms. The Kier molecular flexibility index (Phi) is 5.08. The van der Waals surface area contributed by atoms with Crippen LogP contribution in [0.3, 0.4) is 0 Å². The fraction of sp³-hybridized carbons (Fsp3) is 0.708. The maximum atomic E-state index is 14.7. The van der Waals surface area contributed by atoms with Crippen LogP contribution in [0.25, 0.3) is 0 Å². The lowest BCUT2D eigenvalue weighted by atomic mass is 9.46. The molecule has 0 radical (unpaired) electrons. The summed E-state index contributed by atoms with van der Waals surface area (Å²) in [6.07, 6.45) is 3.64. The first-order valence-corrected chi connectivity index (χ1v) is 11.0. The van der Waals surface area contributed by atoms with Gasteiger partial charge in [-0.3, -0.25) is 14.4 Å². The molecule has 8 atom stereocenters. The molecule has 0 aromatic rings. The first-order chi connectivity index (χ1) is 14.4. The smallest absolute Gasteiger partial charge is 0.303 e. The van der Waals surface area contributed by atoms with Gasteiger partial charge in [-0.05, 0) is 49.2 Å². The number of carbonyl (C=O) groups excluding carboxylic acids is 3. The van der Waals surface area contributed by atoms with Gasteiger partial charge in [0.1, 0.15) is 0 Å². The van der Waals surface area contributed by atoms with Crippen molar-refractivity contribution < 1.29 is 33.0 Å². The van der Waals surface area contributed by atoms with Crippen molar-refractivity contribution in [3.8, 4) is 0 Å². The number of ether oxygens (including phenoxy) is 1. The molecule has 1 N–H and O–H groups in total. The summed E-state index contributed by atoms with van der Waals surface area (Å²) in [6.45, 7) is 5.45. The van der Waals surface area contributed by atoms with Crippen LogP contribution in [0.2, 0.25) is 0 Å². The van der Waals surface area contributed by atoms with Gasteiger partial charge in [-0.15, -0.1) is 0 Å². The molecule has 0 unspecified atom stereocenters. The lowest BCUT2D eigenvalue weighted by molar-refractivity contribution is -0.203. The van der Waals surface area contributed by atoms with E-state index in [-0.39, 0.29) is 24.2 Å². The monoisotopic (exact) mass is 436 g/mol. The van der Waals surface area contributed by atoms with Gasteiger partial charge in [0.15, 0.2) is 18.1 Å². The van der Waals surface area contributed by atoms with Gasteiger partial charge in [-0.2, -0.15) is 0 Å². The van der Waals surface area contributed by atoms with Gasteiger partial charge in [-0.25, -0.2) is 8.78 Å². The van der Waals surface area contributed by atoms with Crippen LogP contribution in [0.5, 0.6) is 0 Å². The predicted molar refractivity (Wildman–Crippen MR) is 108 cm³/mol. The number of aliphatic hydroxyl groups is 1. The van der Waals surface area contributed by atoms with Crippen LogP contribution < -0.4 is 0 Å². The quantitative estimate of drug-likeness (QED) is 0.683. The van der Waals surface area contributed by atoms with E-state index in [1.807, 2.05) is 13.8 Å². The molecule has 0 saturated heterocycles. The van der Waals surface area contributed by atoms with Crippen LogP contribution in [-0.2, 0) is 19.1 Å². The van der Waals surface area contributed by atoms with Crippen LogP contribution >= 0.6 is 0 Å². The van der Waals surface area contributed by atoms with Crippen molar-refractivity contribution in [2.24, 2.45) is 34.5 Å². The number of ketones is 2. The first kappa shape index (κ1) is 22.3. The van der Waals surface area contributed by atoms with Crippen LogP contribution in [0, 0.1) is 34.5 Å². The van der Waals surface area contributed by atoms with Crippen molar-refractivity contribution in [2.45, 2.75) is 65.1 Å². The second kappa shape index (κ2) is 7.06. The number of hydrogen-bond donors (Lipinski definition) is 1. The summed E-state index contributed by atoms with van der Waals surface area (Å²) < 4.78 is 34.1. The van der Waals surface area contributed by atoms with Crippen LogP contribution in [0.1, 0.15) is 53.4 Å². The van der Waals surface area contributed by atoms with Crippen molar-refractivity contribution in [1.29, 1.82) is 0 Å². The topological polar surface area (TPSA) is 80.7 Å². The zero-order valence-electron chi connectivity index (χ0n) is 18.4.